The number of anilines is 1. The molecule has 0 radical (unpaired) electrons. The molecule has 1 fully saturated rings. The minimum Gasteiger partial charge on any atom is -0.408 e. The second-order valence-electron chi connectivity index (χ2n) is 4.30. The molecule has 0 amide bonds. The molecule has 1 aliphatic carbocycles. The van der Waals surface area contributed by atoms with Crippen LogP contribution in [0.1, 0.15) is 32.1 Å². The van der Waals surface area contributed by atoms with Gasteiger partial charge in [-0.25, -0.2) is 0 Å². The Kier molecular flexibility index (Phi) is 3.20. The highest BCUT2D eigenvalue weighted by Gasteiger charge is 2.22. The van der Waals surface area contributed by atoms with Gasteiger partial charge in [0, 0.05) is 19.0 Å². The van der Waals surface area contributed by atoms with E-state index < -0.39 is 0 Å². The SMILES string of the molecule is CC1CCC(Nc2nnc(CCN)o2)C1. The van der Waals surface area contributed by atoms with Gasteiger partial charge < -0.3 is 15.5 Å². The molecule has 0 saturated heterocycles. The zero-order valence-electron chi connectivity index (χ0n) is 9.07. The van der Waals surface area contributed by atoms with Gasteiger partial charge >= 0.3 is 6.01 Å². The Bertz CT molecular complexity index is 312. The van der Waals surface area contributed by atoms with Crippen LogP contribution in [0.25, 0.3) is 0 Å². The number of rotatable bonds is 4. The zero-order valence-corrected chi connectivity index (χ0v) is 9.07. The van der Waals surface area contributed by atoms with E-state index in [0.29, 0.717) is 30.9 Å². The predicted molar refractivity (Wildman–Crippen MR) is 57.5 cm³/mol. The van der Waals surface area contributed by atoms with Gasteiger partial charge in [0.05, 0.1) is 0 Å². The Morgan fingerprint density at radius 2 is 2.33 bits per heavy atom. The monoisotopic (exact) mass is 210 g/mol. The quantitative estimate of drug-likeness (QED) is 0.780. The number of aromatic nitrogens is 2. The molecule has 15 heavy (non-hydrogen) atoms. The Labute approximate surface area is 89.4 Å². The van der Waals surface area contributed by atoms with Crippen molar-refractivity contribution in [2.75, 3.05) is 11.9 Å². The summed E-state index contributed by atoms with van der Waals surface area (Å²) in [6, 6.07) is 1.03. The maximum Gasteiger partial charge on any atom is 0.315 e. The first-order chi connectivity index (χ1) is 7.28. The molecule has 1 aromatic heterocycles. The lowest BCUT2D eigenvalue weighted by Gasteiger charge is -2.08. The van der Waals surface area contributed by atoms with Gasteiger partial charge in [0.15, 0.2) is 0 Å². The van der Waals surface area contributed by atoms with E-state index in [1.54, 1.807) is 0 Å². The topological polar surface area (TPSA) is 77.0 Å². The minimum absolute atomic E-state index is 0.492. The third-order valence-corrected chi connectivity index (χ3v) is 2.85. The highest BCUT2D eigenvalue weighted by Crippen LogP contribution is 2.26. The third kappa shape index (κ3) is 2.68. The molecule has 1 heterocycles. The predicted octanol–water partition coefficient (Wildman–Crippen LogP) is 1.17. The van der Waals surface area contributed by atoms with E-state index in [9.17, 15) is 0 Å². The normalized spacial score (nSPS) is 25.7. The molecule has 2 rings (SSSR count). The Hall–Kier alpha value is -1.10. The van der Waals surface area contributed by atoms with Crippen LogP contribution in [-0.2, 0) is 6.42 Å². The molecule has 0 aromatic carbocycles. The van der Waals surface area contributed by atoms with E-state index in [0.717, 1.165) is 5.92 Å². The van der Waals surface area contributed by atoms with Crippen molar-refractivity contribution in [1.82, 2.24) is 10.2 Å². The average molecular weight is 210 g/mol. The van der Waals surface area contributed by atoms with Gasteiger partial charge in [0.25, 0.3) is 0 Å². The van der Waals surface area contributed by atoms with Crippen molar-refractivity contribution >= 4 is 6.01 Å². The van der Waals surface area contributed by atoms with Crippen molar-refractivity contribution in [2.45, 2.75) is 38.6 Å². The Balaban J connectivity index is 1.87. The summed E-state index contributed by atoms with van der Waals surface area (Å²) in [5.41, 5.74) is 5.40. The van der Waals surface area contributed by atoms with Crippen LogP contribution in [0.2, 0.25) is 0 Å². The summed E-state index contributed by atoms with van der Waals surface area (Å²) >= 11 is 0. The molecule has 0 spiro atoms. The van der Waals surface area contributed by atoms with Crippen LogP contribution in [0.15, 0.2) is 4.42 Å². The van der Waals surface area contributed by atoms with Crippen molar-refractivity contribution < 1.29 is 4.42 Å². The molecule has 1 aliphatic rings. The highest BCUT2D eigenvalue weighted by molar-refractivity contribution is 5.20. The van der Waals surface area contributed by atoms with Gasteiger partial charge in [0.1, 0.15) is 0 Å². The molecule has 1 saturated carbocycles. The van der Waals surface area contributed by atoms with Crippen LogP contribution >= 0.6 is 0 Å². The first-order valence-corrected chi connectivity index (χ1v) is 5.57. The lowest BCUT2D eigenvalue weighted by molar-refractivity contribution is 0.497. The first-order valence-electron chi connectivity index (χ1n) is 5.57. The number of hydrogen-bond donors (Lipinski definition) is 2. The summed E-state index contributed by atoms with van der Waals surface area (Å²) < 4.78 is 5.41. The largest absolute Gasteiger partial charge is 0.408 e. The molecule has 5 heteroatoms. The van der Waals surface area contributed by atoms with E-state index in [4.69, 9.17) is 10.2 Å². The van der Waals surface area contributed by atoms with Crippen LogP contribution in [-0.4, -0.2) is 22.8 Å². The van der Waals surface area contributed by atoms with Gasteiger partial charge in [0.2, 0.25) is 5.89 Å². The maximum atomic E-state index is 5.41. The summed E-state index contributed by atoms with van der Waals surface area (Å²) in [7, 11) is 0. The third-order valence-electron chi connectivity index (χ3n) is 2.85. The van der Waals surface area contributed by atoms with Crippen molar-refractivity contribution in [2.24, 2.45) is 11.7 Å². The van der Waals surface area contributed by atoms with Crippen molar-refractivity contribution in [3.05, 3.63) is 5.89 Å². The van der Waals surface area contributed by atoms with E-state index in [1.807, 2.05) is 0 Å². The average Bonchev–Trinajstić information content (AvgIpc) is 2.78. The second-order valence-corrected chi connectivity index (χ2v) is 4.30. The molecule has 3 N–H and O–H groups in total. The molecule has 0 aliphatic heterocycles. The fraction of sp³-hybridized carbons (Fsp3) is 0.800. The standard InChI is InChI=1S/C10H18N4O/c1-7-2-3-8(6-7)12-10-14-13-9(15-10)4-5-11/h7-8H,2-6,11H2,1H3,(H,12,14). The Morgan fingerprint density at radius 3 is 3.00 bits per heavy atom. The number of nitrogens with one attached hydrogen (secondary N) is 1. The summed E-state index contributed by atoms with van der Waals surface area (Å²) in [6.45, 7) is 2.82. The zero-order chi connectivity index (χ0) is 10.7. The minimum atomic E-state index is 0.492. The van der Waals surface area contributed by atoms with E-state index in [1.165, 1.54) is 19.3 Å². The van der Waals surface area contributed by atoms with Crippen LogP contribution in [0.3, 0.4) is 0 Å². The van der Waals surface area contributed by atoms with Gasteiger partial charge in [-0.05, 0) is 25.2 Å². The summed E-state index contributed by atoms with van der Waals surface area (Å²) in [5.74, 6) is 1.42. The summed E-state index contributed by atoms with van der Waals surface area (Å²) in [4.78, 5) is 0. The Morgan fingerprint density at radius 1 is 1.47 bits per heavy atom. The fourth-order valence-electron chi connectivity index (χ4n) is 2.05. The van der Waals surface area contributed by atoms with Gasteiger partial charge in [-0.1, -0.05) is 12.0 Å². The highest BCUT2D eigenvalue weighted by atomic mass is 16.4. The van der Waals surface area contributed by atoms with Crippen LogP contribution in [0.5, 0.6) is 0 Å². The first kappa shape index (κ1) is 10.4. The molecule has 1 aromatic rings. The smallest absolute Gasteiger partial charge is 0.315 e. The van der Waals surface area contributed by atoms with Gasteiger partial charge in [-0.3, -0.25) is 0 Å². The number of nitrogens with two attached hydrogens (primary N) is 1. The van der Waals surface area contributed by atoms with Crippen LogP contribution in [0.4, 0.5) is 6.01 Å². The molecule has 84 valence electrons. The number of nitrogens with zero attached hydrogens (tertiary/aromatic N) is 2. The molecule has 2 atom stereocenters. The molecule has 2 unspecified atom stereocenters. The van der Waals surface area contributed by atoms with E-state index in [-0.39, 0.29) is 0 Å². The van der Waals surface area contributed by atoms with Crippen molar-refractivity contribution in [1.29, 1.82) is 0 Å². The van der Waals surface area contributed by atoms with Crippen LogP contribution in [0, 0.1) is 5.92 Å². The van der Waals surface area contributed by atoms with Crippen LogP contribution < -0.4 is 11.1 Å². The number of hydrogen-bond acceptors (Lipinski definition) is 5. The summed E-state index contributed by atoms with van der Waals surface area (Å²) in [5, 5.41) is 11.1. The molecule has 0 bridgehead atoms. The van der Waals surface area contributed by atoms with Gasteiger partial charge in [-0.15, -0.1) is 5.10 Å². The maximum absolute atomic E-state index is 5.41. The molecule has 5 nitrogen and oxygen atoms in total. The van der Waals surface area contributed by atoms with E-state index in [2.05, 4.69) is 22.4 Å². The second kappa shape index (κ2) is 4.61. The van der Waals surface area contributed by atoms with Gasteiger partial charge in [-0.2, -0.15) is 0 Å². The molecular weight excluding hydrogens is 192 g/mol. The summed E-state index contributed by atoms with van der Waals surface area (Å²) in [6.07, 6.45) is 4.31. The lowest BCUT2D eigenvalue weighted by atomic mass is 10.1. The van der Waals surface area contributed by atoms with E-state index >= 15 is 0 Å². The van der Waals surface area contributed by atoms with Crippen molar-refractivity contribution in [3.63, 3.8) is 0 Å². The van der Waals surface area contributed by atoms with Crippen molar-refractivity contribution in [3.8, 4) is 0 Å². The fourth-order valence-corrected chi connectivity index (χ4v) is 2.05. The lowest BCUT2D eigenvalue weighted by Crippen LogP contribution is -2.15. The molecular formula is C10H18N4O.